The van der Waals surface area contributed by atoms with Crippen LogP contribution in [0.5, 0.6) is 0 Å². The molecule has 0 aromatic heterocycles. The van der Waals surface area contributed by atoms with Crippen molar-refractivity contribution >= 4 is 23.6 Å². The molecule has 0 spiro atoms. The molecule has 1 aliphatic heterocycles. The number of thioether (sulfide) groups is 1. The van der Waals surface area contributed by atoms with Gasteiger partial charge in [-0.3, -0.25) is 4.79 Å². The zero-order chi connectivity index (χ0) is 12.0. The molecule has 1 rings (SSSR count). The van der Waals surface area contributed by atoms with E-state index in [-0.39, 0.29) is 24.2 Å². The molecule has 1 unspecified atom stereocenters. The maximum Gasteiger partial charge on any atom is 0.326 e. The molecule has 1 saturated heterocycles. The van der Waals surface area contributed by atoms with Crippen molar-refractivity contribution in [3.8, 4) is 0 Å². The first kappa shape index (κ1) is 13.3. The second-order valence-electron chi connectivity index (χ2n) is 3.77. The third-order valence-corrected chi connectivity index (χ3v) is 3.88. The van der Waals surface area contributed by atoms with Crippen LogP contribution < -0.4 is 5.32 Å². The third kappa shape index (κ3) is 4.02. The molecule has 0 saturated carbocycles. The molecule has 3 N–H and O–H groups in total. The van der Waals surface area contributed by atoms with E-state index in [4.69, 9.17) is 10.2 Å². The van der Waals surface area contributed by atoms with Gasteiger partial charge in [0.05, 0.1) is 5.25 Å². The van der Waals surface area contributed by atoms with E-state index in [1.165, 1.54) is 0 Å². The molecule has 1 aliphatic rings. The van der Waals surface area contributed by atoms with E-state index in [1.54, 1.807) is 11.8 Å². The molecule has 0 aromatic rings. The summed E-state index contributed by atoms with van der Waals surface area (Å²) < 4.78 is 0. The molecular weight excluding hydrogens is 230 g/mol. The van der Waals surface area contributed by atoms with Gasteiger partial charge in [-0.2, -0.15) is 0 Å². The predicted molar refractivity (Wildman–Crippen MR) is 61.4 cm³/mol. The summed E-state index contributed by atoms with van der Waals surface area (Å²) in [4.78, 5) is 22.5. The van der Waals surface area contributed by atoms with Gasteiger partial charge in [0.15, 0.2) is 0 Å². The Bertz CT molecular complexity index is 253. The van der Waals surface area contributed by atoms with E-state index >= 15 is 0 Å². The molecule has 0 bridgehead atoms. The van der Waals surface area contributed by atoms with Gasteiger partial charge in [-0.05, 0) is 18.6 Å². The summed E-state index contributed by atoms with van der Waals surface area (Å²) >= 11 is 1.58. The Morgan fingerprint density at radius 1 is 1.44 bits per heavy atom. The first-order chi connectivity index (χ1) is 7.65. The second kappa shape index (κ2) is 6.75. The summed E-state index contributed by atoms with van der Waals surface area (Å²) in [6.07, 6.45) is 3.00. The van der Waals surface area contributed by atoms with Gasteiger partial charge in [0, 0.05) is 13.0 Å². The lowest BCUT2D eigenvalue weighted by Gasteiger charge is -2.22. The molecule has 0 aromatic carbocycles. The fraction of sp³-hybridized carbons (Fsp3) is 0.800. The number of carboxylic acid groups (broad SMARTS) is 1. The average molecular weight is 247 g/mol. The lowest BCUT2D eigenvalue weighted by atomic mass is 10.1. The number of carbonyl (C=O) groups excluding carboxylic acids is 1. The molecule has 0 aliphatic carbocycles. The van der Waals surface area contributed by atoms with Gasteiger partial charge in [0.1, 0.15) is 6.04 Å². The van der Waals surface area contributed by atoms with Crippen molar-refractivity contribution < 1.29 is 19.8 Å². The van der Waals surface area contributed by atoms with Crippen molar-refractivity contribution in [2.24, 2.45) is 0 Å². The SMILES string of the molecule is O=C(N[C@@H](CCO)C(=O)O)C1CCCCS1. The smallest absolute Gasteiger partial charge is 0.326 e. The van der Waals surface area contributed by atoms with E-state index in [0.29, 0.717) is 0 Å². The molecule has 0 radical (unpaired) electrons. The molecular formula is C10H17NO4S. The normalized spacial score (nSPS) is 22.4. The van der Waals surface area contributed by atoms with Gasteiger partial charge >= 0.3 is 5.97 Å². The minimum atomic E-state index is -1.09. The summed E-state index contributed by atoms with van der Waals surface area (Å²) in [5.41, 5.74) is 0. The Kier molecular flexibility index (Phi) is 5.62. The van der Waals surface area contributed by atoms with Crippen LogP contribution >= 0.6 is 11.8 Å². The van der Waals surface area contributed by atoms with Crippen LogP contribution in [0.3, 0.4) is 0 Å². The van der Waals surface area contributed by atoms with Crippen LogP contribution in [0.4, 0.5) is 0 Å². The molecule has 2 atom stereocenters. The van der Waals surface area contributed by atoms with E-state index in [2.05, 4.69) is 5.32 Å². The standard InChI is InChI=1S/C10H17NO4S/c12-5-4-7(10(14)15)11-9(13)8-3-1-2-6-16-8/h7-8,12H,1-6H2,(H,11,13)(H,14,15)/t7-,8?/m0/s1. The maximum absolute atomic E-state index is 11.7. The highest BCUT2D eigenvalue weighted by Crippen LogP contribution is 2.25. The topological polar surface area (TPSA) is 86.6 Å². The highest BCUT2D eigenvalue weighted by molar-refractivity contribution is 8.00. The Morgan fingerprint density at radius 2 is 2.19 bits per heavy atom. The fourth-order valence-corrected chi connectivity index (χ4v) is 2.81. The van der Waals surface area contributed by atoms with Gasteiger partial charge < -0.3 is 15.5 Å². The summed E-state index contributed by atoms with van der Waals surface area (Å²) in [7, 11) is 0. The van der Waals surface area contributed by atoms with Gasteiger partial charge in [-0.15, -0.1) is 11.8 Å². The molecule has 1 heterocycles. The number of aliphatic carboxylic acids is 1. The van der Waals surface area contributed by atoms with Gasteiger partial charge in [0.25, 0.3) is 0 Å². The summed E-state index contributed by atoms with van der Waals surface area (Å²) in [5.74, 6) is -0.357. The number of carboxylic acids is 1. The first-order valence-electron chi connectivity index (χ1n) is 5.40. The fourth-order valence-electron chi connectivity index (χ4n) is 1.60. The maximum atomic E-state index is 11.7. The molecule has 5 nitrogen and oxygen atoms in total. The number of carbonyl (C=O) groups is 2. The quantitative estimate of drug-likeness (QED) is 0.647. The van der Waals surface area contributed by atoms with Crippen molar-refractivity contribution in [1.29, 1.82) is 0 Å². The van der Waals surface area contributed by atoms with Crippen molar-refractivity contribution in [3.63, 3.8) is 0 Å². The summed E-state index contributed by atoms with van der Waals surface area (Å²) in [6.45, 7) is -0.241. The van der Waals surface area contributed by atoms with Gasteiger partial charge in [-0.1, -0.05) is 6.42 Å². The van der Waals surface area contributed by atoms with Gasteiger partial charge in [0.2, 0.25) is 5.91 Å². The molecule has 16 heavy (non-hydrogen) atoms. The number of aliphatic hydroxyl groups is 1. The Morgan fingerprint density at radius 3 is 2.69 bits per heavy atom. The number of hydrogen-bond donors (Lipinski definition) is 3. The van der Waals surface area contributed by atoms with Crippen LogP contribution in [-0.4, -0.2) is 45.7 Å². The lowest BCUT2D eigenvalue weighted by molar-refractivity contribution is -0.142. The second-order valence-corrected chi connectivity index (χ2v) is 5.08. The number of aliphatic hydroxyl groups excluding tert-OH is 1. The average Bonchev–Trinajstić information content (AvgIpc) is 2.29. The van der Waals surface area contributed by atoms with Crippen molar-refractivity contribution in [1.82, 2.24) is 5.32 Å². The van der Waals surface area contributed by atoms with Crippen LogP contribution in [0.25, 0.3) is 0 Å². The number of nitrogens with one attached hydrogen (secondary N) is 1. The number of hydrogen-bond acceptors (Lipinski definition) is 4. The van der Waals surface area contributed by atoms with Crippen molar-refractivity contribution in [3.05, 3.63) is 0 Å². The molecule has 92 valence electrons. The van der Waals surface area contributed by atoms with Gasteiger partial charge in [-0.25, -0.2) is 4.79 Å². The molecule has 6 heteroatoms. The van der Waals surface area contributed by atoms with Crippen molar-refractivity contribution in [2.75, 3.05) is 12.4 Å². The number of amides is 1. The Labute approximate surface area is 98.6 Å². The van der Waals surface area contributed by atoms with E-state index in [9.17, 15) is 9.59 Å². The van der Waals surface area contributed by atoms with Crippen LogP contribution in [0.15, 0.2) is 0 Å². The minimum absolute atomic E-state index is 0.0540. The monoisotopic (exact) mass is 247 g/mol. The van der Waals surface area contributed by atoms with Crippen molar-refractivity contribution in [2.45, 2.75) is 37.0 Å². The minimum Gasteiger partial charge on any atom is -0.480 e. The third-order valence-electron chi connectivity index (χ3n) is 2.50. The van der Waals surface area contributed by atoms with Crippen LogP contribution in [0.1, 0.15) is 25.7 Å². The summed E-state index contributed by atoms with van der Waals surface area (Å²) in [5, 5.41) is 19.8. The lowest BCUT2D eigenvalue weighted by Crippen LogP contribution is -2.45. The first-order valence-corrected chi connectivity index (χ1v) is 6.45. The van der Waals surface area contributed by atoms with E-state index in [1.807, 2.05) is 0 Å². The Hall–Kier alpha value is -0.750. The zero-order valence-corrected chi connectivity index (χ0v) is 9.83. The molecule has 1 amide bonds. The van der Waals surface area contributed by atoms with Crippen LogP contribution in [-0.2, 0) is 9.59 Å². The zero-order valence-electron chi connectivity index (χ0n) is 9.02. The molecule has 1 fully saturated rings. The highest BCUT2D eigenvalue weighted by atomic mass is 32.2. The van der Waals surface area contributed by atoms with Crippen LogP contribution in [0.2, 0.25) is 0 Å². The van der Waals surface area contributed by atoms with Crippen LogP contribution in [0, 0.1) is 0 Å². The summed E-state index contributed by atoms with van der Waals surface area (Å²) in [6, 6.07) is -0.972. The predicted octanol–water partition coefficient (Wildman–Crippen LogP) is 0.224. The van der Waals surface area contributed by atoms with E-state index < -0.39 is 12.0 Å². The van der Waals surface area contributed by atoms with E-state index in [0.717, 1.165) is 25.0 Å². The largest absolute Gasteiger partial charge is 0.480 e. The number of rotatable bonds is 5. The Balaban J connectivity index is 2.43. The highest BCUT2D eigenvalue weighted by Gasteiger charge is 2.26.